The summed E-state index contributed by atoms with van der Waals surface area (Å²) in [5.74, 6) is 0.738. The van der Waals surface area contributed by atoms with Gasteiger partial charge in [0.25, 0.3) is 0 Å². The van der Waals surface area contributed by atoms with E-state index < -0.39 is 0 Å². The van der Waals surface area contributed by atoms with E-state index in [1.165, 1.54) is 0 Å². The molecule has 0 saturated heterocycles. The van der Waals surface area contributed by atoms with Gasteiger partial charge < -0.3 is 9.47 Å². The van der Waals surface area contributed by atoms with Gasteiger partial charge in [-0.1, -0.05) is 18.2 Å². The Morgan fingerprint density at radius 1 is 1.44 bits per heavy atom. The second-order valence-electron chi connectivity index (χ2n) is 4.71. The summed E-state index contributed by atoms with van der Waals surface area (Å²) in [6.07, 6.45) is -0.0620. The fraction of sp³-hybridized carbons (Fsp3) is 0.500. The summed E-state index contributed by atoms with van der Waals surface area (Å²) in [7, 11) is 0. The summed E-state index contributed by atoms with van der Waals surface area (Å²) >= 11 is 0. The molecular formula is C14H19NO3. The summed E-state index contributed by atoms with van der Waals surface area (Å²) in [5.41, 5.74) is 1.12. The minimum atomic E-state index is -0.176. The normalized spacial score (nSPS) is 15.7. The van der Waals surface area contributed by atoms with E-state index in [1.807, 2.05) is 38.1 Å². The number of fused-ring (bicyclic) bond motifs is 1. The number of nitrogens with zero attached hydrogens (tertiary/aromatic N) is 1. The van der Waals surface area contributed by atoms with Gasteiger partial charge in [-0.3, -0.25) is 9.69 Å². The number of hydrogen-bond donors (Lipinski definition) is 0. The van der Waals surface area contributed by atoms with Crippen molar-refractivity contribution < 1.29 is 14.3 Å². The van der Waals surface area contributed by atoms with Crippen molar-refractivity contribution in [3.05, 3.63) is 29.8 Å². The van der Waals surface area contributed by atoms with Crippen LogP contribution in [-0.2, 0) is 16.1 Å². The van der Waals surface area contributed by atoms with Gasteiger partial charge >= 0.3 is 5.97 Å². The van der Waals surface area contributed by atoms with Crippen LogP contribution in [0.2, 0.25) is 0 Å². The first-order valence-electron chi connectivity index (χ1n) is 6.27. The topological polar surface area (TPSA) is 38.8 Å². The maximum absolute atomic E-state index is 11.6. The molecule has 0 N–H and O–H groups in total. The molecule has 18 heavy (non-hydrogen) atoms. The number of ether oxygens (including phenoxy) is 2. The molecule has 0 aliphatic carbocycles. The van der Waals surface area contributed by atoms with Crippen molar-refractivity contribution >= 4 is 5.97 Å². The molecule has 0 spiro atoms. The van der Waals surface area contributed by atoms with Gasteiger partial charge in [0.1, 0.15) is 12.4 Å². The average Bonchev–Trinajstić information content (AvgIpc) is 2.49. The molecule has 4 nitrogen and oxygen atoms in total. The molecule has 0 unspecified atom stereocenters. The molecule has 1 heterocycles. The Bertz CT molecular complexity index is 417. The highest BCUT2D eigenvalue weighted by atomic mass is 16.5. The number of esters is 1. The molecule has 1 aromatic carbocycles. The smallest absolute Gasteiger partial charge is 0.320 e. The molecule has 4 heteroatoms. The van der Waals surface area contributed by atoms with Crippen LogP contribution in [-0.4, -0.2) is 36.7 Å². The first-order valence-corrected chi connectivity index (χ1v) is 6.27. The van der Waals surface area contributed by atoms with E-state index in [0.717, 1.165) is 24.4 Å². The summed E-state index contributed by atoms with van der Waals surface area (Å²) in [6.45, 7) is 6.10. The van der Waals surface area contributed by atoms with E-state index in [9.17, 15) is 4.79 Å². The lowest BCUT2D eigenvalue weighted by molar-refractivity contribution is -0.148. The molecule has 0 fully saturated rings. The van der Waals surface area contributed by atoms with Gasteiger partial charge in [-0.15, -0.1) is 0 Å². The van der Waals surface area contributed by atoms with Gasteiger partial charge in [0, 0.05) is 18.7 Å². The fourth-order valence-corrected chi connectivity index (χ4v) is 2.00. The third-order valence-corrected chi connectivity index (χ3v) is 2.75. The summed E-state index contributed by atoms with van der Waals surface area (Å²) in [6, 6.07) is 7.94. The molecule has 1 aromatic rings. The fourth-order valence-electron chi connectivity index (χ4n) is 2.00. The molecule has 0 aromatic heterocycles. The first-order chi connectivity index (χ1) is 8.65. The summed E-state index contributed by atoms with van der Waals surface area (Å²) in [4.78, 5) is 13.7. The van der Waals surface area contributed by atoms with Crippen molar-refractivity contribution in [1.29, 1.82) is 0 Å². The lowest BCUT2D eigenvalue weighted by Gasteiger charge is -2.19. The van der Waals surface area contributed by atoms with Crippen molar-refractivity contribution in [2.24, 2.45) is 0 Å². The number of benzene rings is 1. The Labute approximate surface area is 107 Å². The Hall–Kier alpha value is -1.55. The molecule has 2 rings (SSSR count). The van der Waals surface area contributed by atoms with E-state index in [0.29, 0.717) is 13.2 Å². The van der Waals surface area contributed by atoms with Crippen LogP contribution in [0.5, 0.6) is 5.75 Å². The monoisotopic (exact) mass is 249 g/mol. The van der Waals surface area contributed by atoms with Gasteiger partial charge in [-0.25, -0.2) is 0 Å². The van der Waals surface area contributed by atoms with Crippen molar-refractivity contribution in [2.45, 2.75) is 26.5 Å². The van der Waals surface area contributed by atoms with Crippen LogP contribution in [0.15, 0.2) is 24.3 Å². The van der Waals surface area contributed by atoms with Crippen LogP contribution in [0, 0.1) is 0 Å². The first kappa shape index (κ1) is 12.9. The predicted octanol–water partition coefficient (Wildman–Crippen LogP) is 1.83. The van der Waals surface area contributed by atoms with Crippen molar-refractivity contribution in [1.82, 2.24) is 4.90 Å². The van der Waals surface area contributed by atoms with E-state index in [2.05, 4.69) is 4.90 Å². The zero-order valence-electron chi connectivity index (χ0n) is 10.9. The SMILES string of the molecule is CC(C)OC(=O)CN1CCOc2ccccc2C1. The van der Waals surface area contributed by atoms with Crippen molar-refractivity contribution in [3.8, 4) is 5.75 Å². The highest BCUT2D eigenvalue weighted by molar-refractivity contribution is 5.71. The second kappa shape index (κ2) is 5.87. The predicted molar refractivity (Wildman–Crippen MR) is 68.4 cm³/mol. The molecule has 1 aliphatic heterocycles. The molecule has 0 radical (unpaired) electrons. The standard InChI is InChI=1S/C14H19NO3/c1-11(2)18-14(16)10-15-7-8-17-13-6-4-3-5-12(13)9-15/h3-6,11H,7-10H2,1-2H3. The Kier molecular flexibility index (Phi) is 4.20. The number of rotatable bonds is 3. The maximum Gasteiger partial charge on any atom is 0.320 e. The summed E-state index contributed by atoms with van der Waals surface area (Å²) < 4.78 is 10.8. The molecule has 98 valence electrons. The Morgan fingerprint density at radius 3 is 3.00 bits per heavy atom. The number of carbonyl (C=O) groups excluding carboxylic acids is 1. The Morgan fingerprint density at radius 2 is 2.22 bits per heavy atom. The van der Waals surface area contributed by atoms with Crippen LogP contribution in [0.1, 0.15) is 19.4 Å². The van der Waals surface area contributed by atoms with Crippen molar-refractivity contribution in [3.63, 3.8) is 0 Å². The van der Waals surface area contributed by atoms with Crippen LogP contribution >= 0.6 is 0 Å². The van der Waals surface area contributed by atoms with E-state index >= 15 is 0 Å². The lowest BCUT2D eigenvalue weighted by atomic mass is 10.2. The molecule has 0 atom stereocenters. The van der Waals surface area contributed by atoms with Gasteiger partial charge in [0.2, 0.25) is 0 Å². The van der Waals surface area contributed by atoms with Gasteiger partial charge in [0.05, 0.1) is 12.6 Å². The van der Waals surface area contributed by atoms with E-state index in [1.54, 1.807) is 0 Å². The number of para-hydroxylation sites is 1. The van der Waals surface area contributed by atoms with Crippen LogP contribution < -0.4 is 4.74 Å². The minimum Gasteiger partial charge on any atom is -0.492 e. The van der Waals surface area contributed by atoms with E-state index in [-0.39, 0.29) is 12.1 Å². The maximum atomic E-state index is 11.6. The van der Waals surface area contributed by atoms with Gasteiger partial charge in [-0.05, 0) is 19.9 Å². The molecule has 0 bridgehead atoms. The van der Waals surface area contributed by atoms with Crippen LogP contribution in [0.3, 0.4) is 0 Å². The summed E-state index contributed by atoms with van der Waals surface area (Å²) in [5, 5.41) is 0. The molecule has 1 aliphatic rings. The largest absolute Gasteiger partial charge is 0.492 e. The van der Waals surface area contributed by atoms with E-state index in [4.69, 9.17) is 9.47 Å². The van der Waals surface area contributed by atoms with Crippen molar-refractivity contribution in [2.75, 3.05) is 19.7 Å². The average molecular weight is 249 g/mol. The zero-order chi connectivity index (χ0) is 13.0. The second-order valence-corrected chi connectivity index (χ2v) is 4.71. The number of carbonyl (C=O) groups is 1. The minimum absolute atomic E-state index is 0.0620. The Balaban J connectivity index is 1.97. The number of hydrogen-bond acceptors (Lipinski definition) is 4. The zero-order valence-corrected chi connectivity index (χ0v) is 10.9. The van der Waals surface area contributed by atoms with Gasteiger partial charge in [-0.2, -0.15) is 0 Å². The highest BCUT2D eigenvalue weighted by Crippen LogP contribution is 2.22. The molecule has 0 saturated carbocycles. The highest BCUT2D eigenvalue weighted by Gasteiger charge is 2.18. The van der Waals surface area contributed by atoms with Crippen LogP contribution in [0.25, 0.3) is 0 Å². The van der Waals surface area contributed by atoms with Crippen LogP contribution in [0.4, 0.5) is 0 Å². The molecular weight excluding hydrogens is 230 g/mol. The van der Waals surface area contributed by atoms with Gasteiger partial charge in [0.15, 0.2) is 0 Å². The lowest BCUT2D eigenvalue weighted by Crippen LogP contribution is -2.33. The third-order valence-electron chi connectivity index (χ3n) is 2.75. The molecule has 0 amide bonds. The third kappa shape index (κ3) is 3.47. The quantitative estimate of drug-likeness (QED) is 0.766.